The highest BCUT2D eigenvalue weighted by molar-refractivity contribution is 5.56. The van der Waals surface area contributed by atoms with Crippen LogP contribution in [0.2, 0.25) is 0 Å². The third-order valence-corrected chi connectivity index (χ3v) is 2.33. The van der Waals surface area contributed by atoms with Crippen LogP contribution in [0, 0.1) is 0 Å². The number of methoxy groups -OCH3 is 1. The molecule has 2 rings (SSSR count). The second-order valence-corrected chi connectivity index (χ2v) is 3.55. The first-order valence-corrected chi connectivity index (χ1v) is 5.25. The van der Waals surface area contributed by atoms with Crippen molar-refractivity contribution in [2.45, 2.75) is 6.61 Å². The molecule has 2 N–H and O–H groups in total. The van der Waals surface area contributed by atoms with Gasteiger partial charge < -0.3 is 15.2 Å². The molecule has 0 atom stereocenters. The van der Waals surface area contributed by atoms with E-state index in [1.807, 2.05) is 18.2 Å². The second-order valence-electron chi connectivity index (χ2n) is 3.55. The van der Waals surface area contributed by atoms with E-state index in [9.17, 15) is 0 Å². The van der Waals surface area contributed by atoms with Crippen molar-refractivity contribution in [1.82, 2.24) is 4.98 Å². The van der Waals surface area contributed by atoms with E-state index in [-0.39, 0.29) is 0 Å². The summed E-state index contributed by atoms with van der Waals surface area (Å²) in [6, 6.07) is 9.19. The largest absolute Gasteiger partial charge is 0.495 e. The van der Waals surface area contributed by atoms with Crippen LogP contribution in [0.15, 0.2) is 42.7 Å². The molecule has 4 heteroatoms. The Kier molecular flexibility index (Phi) is 3.45. The van der Waals surface area contributed by atoms with E-state index in [2.05, 4.69) is 4.98 Å². The van der Waals surface area contributed by atoms with Gasteiger partial charge in [0.15, 0.2) is 0 Å². The molecule has 0 aliphatic carbocycles. The fraction of sp³-hybridized carbons (Fsp3) is 0.154. The molecule has 2 aromatic rings. The molecule has 1 aromatic heterocycles. The van der Waals surface area contributed by atoms with Crippen LogP contribution in [-0.2, 0) is 6.61 Å². The van der Waals surface area contributed by atoms with Crippen molar-refractivity contribution in [3.8, 4) is 11.5 Å². The third-order valence-electron chi connectivity index (χ3n) is 2.33. The van der Waals surface area contributed by atoms with E-state index in [0.29, 0.717) is 23.8 Å². The zero-order chi connectivity index (χ0) is 12.1. The minimum atomic E-state index is 0.472. The van der Waals surface area contributed by atoms with Crippen LogP contribution in [0.3, 0.4) is 0 Å². The number of hydrogen-bond acceptors (Lipinski definition) is 4. The number of ether oxygens (including phenoxy) is 2. The Balaban J connectivity index is 2.02. The van der Waals surface area contributed by atoms with Crippen LogP contribution in [0.5, 0.6) is 11.5 Å². The molecule has 0 amide bonds. The summed E-state index contributed by atoms with van der Waals surface area (Å²) in [5.41, 5.74) is 7.37. The lowest BCUT2D eigenvalue weighted by atomic mass is 10.2. The summed E-state index contributed by atoms with van der Waals surface area (Å²) in [5.74, 6) is 1.37. The molecule has 17 heavy (non-hydrogen) atoms. The minimum Gasteiger partial charge on any atom is -0.495 e. The van der Waals surface area contributed by atoms with Crippen molar-refractivity contribution in [2.75, 3.05) is 12.8 Å². The average molecular weight is 230 g/mol. The Morgan fingerprint density at radius 1 is 1.29 bits per heavy atom. The van der Waals surface area contributed by atoms with Gasteiger partial charge in [-0.3, -0.25) is 4.98 Å². The zero-order valence-corrected chi connectivity index (χ0v) is 9.59. The van der Waals surface area contributed by atoms with Gasteiger partial charge in [-0.15, -0.1) is 0 Å². The normalized spacial score (nSPS) is 9.94. The smallest absolute Gasteiger partial charge is 0.142 e. The molecule has 0 fully saturated rings. The first-order chi connectivity index (χ1) is 8.29. The summed E-state index contributed by atoms with van der Waals surface area (Å²) < 4.78 is 10.7. The van der Waals surface area contributed by atoms with Gasteiger partial charge in [-0.25, -0.2) is 0 Å². The summed E-state index contributed by atoms with van der Waals surface area (Å²) in [7, 11) is 1.59. The molecular formula is C13H14N2O2. The minimum absolute atomic E-state index is 0.472. The van der Waals surface area contributed by atoms with Crippen molar-refractivity contribution >= 4 is 5.69 Å². The molecule has 1 aromatic carbocycles. The lowest BCUT2D eigenvalue weighted by Gasteiger charge is -2.09. The molecule has 88 valence electrons. The van der Waals surface area contributed by atoms with Crippen molar-refractivity contribution in [3.63, 3.8) is 0 Å². The van der Waals surface area contributed by atoms with Crippen LogP contribution < -0.4 is 15.2 Å². The van der Waals surface area contributed by atoms with Gasteiger partial charge in [0.05, 0.1) is 12.8 Å². The predicted octanol–water partition coefficient (Wildman–Crippen LogP) is 2.25. The number of aromatic nitrogens is 1. The van der Waals surface area contributed by atoms with E-state index in [0.717, 1.165) is 5.56 Å². The Hall–Kier alpha value is -2.23. The van der Waals surface area contributed by atoms with Crippen LogP contribution in [0.4, 0.5) is 5.69 Å². The van der Waals surface area contributed by atoms with Gasteiger partial charge in [-0.2, -0.15) is 0 Å². The molecule has 0 unspecified atom stereocenters. The van der Waals surface area contributed by atoms with Crippen molar-refractivity contribution < 1.29 is 9.47 Å². The van der Waals surface area contributed by atoms with Crippen LogP contribution in [0.25, 0.3) is 0 Å². The predicted molar refractivity (Wildman–Crippen MR) is 66.0 cm³/mol. The summed E-state index contributed by atoms with van der Waals surface area (Å²) >= 11 is 0. The number of benzene rings is 1. The Morgan fingerprint density at radius 3 is 2.82 bits per heavy atom. The van der Waals surface area contributed by atoms with Gasteiger partial charge in [-0.05, 0) is 18.2 Å². The first kappa shape index (κ1) is 11.3. The lowest BCUT2D eigenvalue weighted by Crippen LogP contribution is -1.97. The fourth-order valence-electron chi connectivity index (χ4n) is 1.45. The quantitative estimate of drug-likeness (QED) is 0.818. The molecule has 0 bridgehead atoms. The molecule has 4 nitrogen and oxygen atoms in total. The maximum Gasteiger partial charge on any atom is 0.142 e. The Morgan fingerprint density at radius 2 is 2.18 bits per heavy atom. The van der Waals surface area contributed by atoms with E-state index in [4.69, 9.17) is 15.2 Å². The highest BCUT2D eigenvalue weighted by atomic mass is 16.5. The van der Waals surface area contributed by atoms with Gasteiger partial charge >= 0.3 is 0 Å². The average Bonchev–Trinajstić information content (AvgIpc) is 2.38. The topological polar surface area (TPSA) is 57.4 Å². The number of anilines is 1. The molecule has 0 spiro atoms. The number of rotatable bonds is 4. The molecule has 0 aliphatic heterocycles. The third kappa shape index (κ3) is 2.87. The monoisotopic (exact) mass is 230 g/mol. The highest BCUT2D eigenvalue weighted by Crippen LogP contribution is 2.26. The lowest BCUT2D eigenvalue weighted by molar-refractivity contribution is 0.305. The van der Waals surface area contributed by atoms with E-state index < -0.39 is 0 Å². The number of pyridine rings is 1. The highest BCUT2D eigenvalue weighted by Gasteiger charge is 2.01. The Labute approximate surface area is 100 Å². The SMILES string of the molecule is COc1ccc(OCc2cccnc2)cc1N. The molecule has 0 radical (unpaired) electrons. The fourth-order valence-corrected chi connectivity index (χ4v) is 1.45. The van der Waals surface area contributed by atoms with Gasteiger partial charge in [0, 0.05) is 24.0 Å². The van der Waals surface area contributed by atoms with Crippen molar-refractivity contribution in [1.29, 1.82) is 0 Å². The Bertz CT molecular complexity index is 486. The van der Waals surface area contributed by atoms with Crippen LogP contribution in [0.1, 0.15) is 5.56 Å². The standard InChI is InChI=1S/C13H14N2O2/c1-16-13-5-4-11(7-12(13)14)17-9-10-3-2-6-15-8-10/h2-8H,9,14H2,1H3. The summed E-state index contributed by atoms with van der Waals surface area (Å²) in [6.45, 7) is 0.472. The van der Waals surface area contributed by atoms with Gasteiger partial charge in [0.1, 0.15) is 18.1 Å². The number of hydrogen-bond donors (Lipinski definition) is 1. The molecule has 1 heterocycles. The van der Waals surface area contributed by atoms with Gasteiger partial charge in [-0.1, -0.05) is 6.07 Å². The molecule has 0 saturated carbocycles. The van der Waals surface area contributed by atoms with Crippen LogP contribution >= 0.6 is 0 Å². The van der Waals surface area contributed by atoms with E-state index in [1.165, 1.54) is 0 Å². The maximum absolute atomic E-state index is 5.78. The maximum atomic E-state index is 5.78. The first-order valence-electron chi connectivity index (χ1n) is 5.25. The van der Waals surface area contributed by atoms with E-state index in [1.54, 1.807) is 31.6 Å². The molecular weight excluding hydrogens is 216 g/mol. The van der Waals surface area contributed by atoms with E-state index >= 15 is 0 Å². The van der Waals surface area contributed by atoms with Crippen molar-refractivity contribution in [3.05, 3.63) is 48.3 Å². The summed E-state index contributed by atoms with van der Waals surface area (Å²) in [5, 5.41) is 0. The van der Waals surface area contributed by atoms with Gasteiger partial charge in [0.2, 0.25) is 0 Å². The second kappa shape index (κ2) is 5.21. The number of nitrogens with zero attached hydrogens (tertiary/aromatic N) is 1. The number of nitrogens with two attached hydrogens (primary N) is 1. The van der Waals surface area contributed by atoms with Crippen molar-refractivity contribution in [2.24, 2.45) is 0 Å². The molecule has 0 aliphatic rings. The zero-order valence-electron chi connectivity index (χ0n) is 9.59. The number of nitrogen functional groups attached to an aromatic ring is 1. The summed E-state index contributed by atoms with van der Waals surface area (Å²) in [4.78, 5) is 4.02. The summed E-state index contributed by atoms with van der Waals surface area (Å²) in [6.07, 6.45) is 3.50. The van der Waals surface area contributed by atoms with Gasteiger partial charge in [0.25, 0.3) is 0 Å². The molecule has 0 saturated heterocycles. The van der Waals surface area contributed by atoms with Crippen LogP contribution in [-0.4, -0.2) is 12.1 Å².